The minimum atomic E-state index is -0.695. The van der Waals surface area contributed by atoms with Crippen LogP contribution in [-0.2, 0) is 4.79 Å². The maximum absolute atomic E-state index is 11.6. The van der Waals surface area contributed by atoms with Crippen LogP contribution in [0.25, 0.3) is 0 Å². The lowest BCUT2D eigenvalue weighted by Gasteiger charge is -2.48. The van der Waals surface area contributed by atoms with Crippen molar-refractivity contribution in [2.75, 3.05) is 26.2 Å². The van der Waals surface area contributed by atoms with Crippen LogP contribution in [0.3, 0.4) is 0 Å². The molecule has 0 radical (unpaired) electrons. The first-order valence-corrected chi connectivity index (χ1v) is 7.25. The minimum Gasteiger partial charge on any atom is -0.387 e. The number of nitrogens with zero attached hydrogens (tertiary/aromatic N) is 1. The highest BCUT2D eigenvalue weighted by Crippen LogP contribution is 2.27. The largest absolute Gasteiger partial charge is 0.387 e. The Balaban J connectivity index is 2.17. The SMILES string of the molecule is CC(C)CCNC(=O)NC(=O)CN1CC(O)(C(C)C)C1. The van der Waals surface area contributed by atoms with Gasteiger partial charge < -0.3 is 10.4 Å². The van der Waals surface area contributed by atoms with Gasteiger partial charge >= 0.3 is 6.03 Å². The highest BCUT2D eigenvalue weighted by atomic mass is 16.3. The molecule has 6 nitrogen and oxygen atoms in total. The Morgan fingerprint density at radius 1 is 1.25 bits per heavy atom. The number of likely N-dealkylation sites (tertiary alicyclic amines) is 1. The van der Waals surface area contributed by atoms with E-state index >= 15 is 0 Å². The van der Waals surface area contributed by atoms with E-state index in [0.717, 1.165) is 6.42 Å². The van der Waals surface area contributed by atoms with Gasteiger partial charge in [0.15, 0.2) is 0 Å². The van der Waals surface area contributed by atoms with Gasteiger partial charge in [-0.1, -0.05) is 27.7 Å². The summed E-state index contributed by atoms with van der Waals surface area (Å²) in [5.74, 6) is 0.347. The monoisotopic (exact) mass is 285 g/mol. The molecule has 0 aromatic heterocycles. The number of carbonyl (C=O) groups excluding carboxylic acids is 2. The molecule has 1 aliphatic heterocycles. The molecule has 20 heavy (non-hydrogen) atoms. The van der Waals surface area contributed by atoms with Gasteiger partial charge in [-0.15, -0.1) is 0 Å². The summed E-state index contributed by atoms with van der Waals surface area (Å²) in [6.45, 7) is 9.73. The number of nitrogens with one attached hydrogen (secondary N) is 2. The average molecular weight is 285 g/mol. The van der Waals surface area contributed by atoms with Gasteiger partial charge in [0.2, 0.25) is 5.91 Å². The molecule has 116 valence electrons. The predicted octanol–water partition coefficient (Wildman–Crippen LogP) is 0.561. The second kappa shape index (κ2) is 7.04. The van der Waals surface area contributed by atoms with Crippen molar-refractivity contribution in [2.45, 2.75) is 39.7 Å². The Kier molecular flexibility index (Phi) is 5.95. The normalized spacial score (nSPS) is 17.9. The fourth-order valence-electron chi connectivity index (χ4n) is 2.09. The zero-order valence-corrected chi connectivity index (χ0v) is 12.9. The molecule has 3 N–H and O–H groups in total. The number of amides is 3. The summed E-state index contributed by atoms with van der Waals surface area (Å²) in [5, 5.41) is 15.0. The molecule has 0 saturated carbocycles. The van der Waals surface area contributed by atoms with Crippen LogP contribution in [-0.4, -0.2) is 53.7 Å². The molecule has 0 aromatic rings. The van der Waals surface area contributed by atoms with Gasteiger partial charge in [-0.2, -0.15) is 0 Å². The lowest BCUT2D eigenvalue weighted by Crippen LogP contribution is -2.66. The van der Waals surface area contributed by atoms with Crippen molar-refractivity contribution in [3.63, 3.8) is 0 Å². The standard InChI is InChI=1S/C14H27N3O3/c1-10(2)5-6-15-13(19)16-12(18)7-17-8-14(20,9-17)11(3)4/h10-11,20H,5-9H2,1-4H3,(H2,15,16,18,19). The van der Waals surface area contributed by atoms with Gasteiger partial charge in [0.05, 0.1) is 12.1 Å². The second-order valence-corrected chi connectivity index (χ2v) is 6.39. The van der Waals surface area contributed by atoms with Crippen LogP contribution in [0.2, 0.25) is 0 Å². The van der Waals surface area contributed by atoms with Gasteiger partial charge in [0.1, 0.15) is 0 Å². The van der Waals surface area contributed by atoms with E-state index in [2.05, 4.69) is 24.5 Å². The molecule has 3 amide bonds. The van der Waals surface area contributed by atoms with E-state index in [1.807, 2.05) is 18.7 Å². The predicted molar refractivity (Wildman–Crippen MR) is 77.2 cm³/mol. The Hall–Kier alpha value is -1.14. The van der Waals surface area contributed by atoms with E-state index in [-0.39, 0.29) is 18.4 Å². The smallest absolute Gasteiger partial charge is 0.321 e. The second-order valence-electron chi connectivity index (χ2n) is 6.39. The summed E-state index contributed by atoms with van der Waals surface area (Å²) in [4.78, 5) is 24.9. The zero-order valence-electron chi connectivity index (χ0n) is 12.9. The third kappa shape index (κ3) is 5.09. The number of carbonyl (C=O) groups is 2. The fourth-order valence-corrected chi connectivity index (χ4v) is 2.09. The average Bonchev–Trinajstić information content (AvgIpc) is 2.25. The molecule has 1 fully saturated rings. The van der Waals surface area contributed by atoms with Gasteiger partial charge in [-0.3, -0.25) is 15.0 Å². The van der Waals surface area contributed by atoms with Crippen molar-refractivity contribution >= 4 is 11.9 Å². The summed E-state index contributed by atoms with van der Waals surface area (Å²) < 4.78 is 0. The molecule has 0 aromatic carbocycles. The molecule has 6 heteroatoms. The molecule has 0 bridgehead atoms. The van der Waals surface area contributed by atoms with Crippen LogP contribution in [0, 0.1) is 11.8 Å². The minimum absolute atomic E-state index is 0.145. The van der Waals surface area contributed by atoms with E-state index in [1.165, 1.54) is 0 Å². The first-order valence-electron chi connectivity index (χ1n) is 7.25. The van der Waals surface area contributed by atoms with Crippen LogP contribution >= 0.6 is 0 Å². The van der Waals surface area contributed by atoms with Crippen LogP contribution in [0.5, 0.6) is 0 Å². The van der Waals surface area contributed by atoms with Crippen molar-refractivity contribution in [1.82, 2.24) is 15.5 Å². The van der Waals surface area contributed by atoms with Crippen molar-refractivity contribution in [1.29, 1.82) is 0 Å². The number of aliphatic hydroxyl groups is 1. The van der Waals surface area contributed by atoms with Crippen molar-refractivity contribution < 1.29 is 14.7 Å². The summed E-state index contributed by atoms with van der Waals surface area (Å²) in [6, 6.07) is -0.449. The number of rotatable bonds is 6. The summed E-state index contributed by atoms with van der Waals surface area (Å²) in [5.41, 5.74) is -0.695. The highest BCUT2D eigenvalue weighted by Gasteiger charge is 2.43. The summed E-state index contributed by atoms with van der Waals surface area (Å²) in [7, 11) is 0. The Morgan fingerprint density at radius 2 is 1.85 bits per heavy atom. The number of β-amino-alcohol motifs (C(OH)–C–C–N with tert-alkyl or cyclic N) is 1. The maximum atomic E-state index is 11.6. The molecular weight excluding hydrogens is 258 g/mol. The Morgan fingerprint density at radius 3 is 2.35 bits per heavy atom. The molecular formula is C14H27N3O3. The van der Waals surface area contributed by atoms with E-state index in [4.69, 9.17) is 0 Å². The van der Waals surface area contributed by atoms with Crippen molar-refractivity contribution in [3.05, 3.63) is 0 Å². The summed E-state index contributed by atoms with van der Waals surface area (Å²) >= 11 is 0. The van der Waals surface area contributed by atoms with E-state index in [1.54, 1.807) is 0 Å². The summed E-state index contributed by atoms with van der Waals surface area (Å²) in [6.07, 6.45) is 0.884. The third-order valence-electron chi connectivity index (χ3n) is 3.70. The molecule has 0 unspecified atom stereocenters. The number of urea groups is 1. The first kappa shape index (κ1) is 16.9. The highest BCUT2D eigenvalue weighted by molar-refractivity contribution is 5.95. The van der Waals surface area contributed by atoms with Crippen LogP contribution < -0.4 is 10.6 Å². The quantitative estimate of drug-likeness (QED) is 0.666. The van der Waals surface area contributed by atoms with Gasteiger partial charge in [0, 0.05) is 19.6 Å². The van der Waals surface area contributed by atoms with Crippen molar-refractivity contribution in [2.24, 2.45) is 11.8 Å². The van der Waals surface area contributed by atoms with Gasteiger partial charge in [0.25, 0.3) is 0 Å². The molecule has 1 rings (SSSR count). The van der Waals surface area contributed by atoms with Crippen LogP contribution in [0.4, 0.5) is 4.79 Å². The van der Waals surface area contributed by atoms with E-state index in [9.17, 15) is 14.7 Å². The van der Waals surface area contributed by atoms with Crippen LogP contribution in [0.15, 0.2) is 0 Å². The molecule has 0 aliphatic carbocycles. The third-order valence-corrected chi connectivity index (χ3v) is 3.70. The lowest BCUT2D eigenvalue weighted by atomic mass is 9.83. The van der Waals surface area contributed by atoms with Crippen LogP contribution in [0.1, 0.15) is 34.1 Å². The van der Waals surface area contributed by atoms with E-state index < -0.39 is 11.6 Å². The lowest BCUT2D eigenvalue weighted by molar-refractivity contribution is -0.141. The van der Waals surface area contributed by atoms with Gasteiger partial charge in [-0.25, -0.2) is 4.79 Å². The maximum Gasteiger partial charge on any atom is 0.321 e. The number of hydrogen-bond acceptors (Lipinski definition) is 4. The molecule has 1 saturated heterocycles. The Bertz CT molecular complexity index is 350. The zero-order chi connectivity index (χ0) is 15.3. The van der Waals surface area contributed by atoms with Gasteiger partial charge in [-0.05, 0) is 18.3 Å². The van der Waals surface area contributed by atoms with Crippen molar-refractivity contribution in [3.8, 4) is 0 Å². The number of imide groups is 1. The molecule has 0 atom stereocenters. The topological polar surface area (TPSA) is 81.7 Å². The fraction of sp³-hybridized carbons (Fsp3) is 0.857. The Labute approximate surface area is 120 Å². The molecule has 0 spiro atoms. The first-order chi connectivity index (χ1) is 9.23. The van der Waals surface area contributed by atoms with E-state index in [0.29, 0.717) is 25.6 Å². The molecule has 1 heterocycles. The number of hydrogen-bond donors (Lipinski definition) is 3. The molecule has 1 aliphatic rings.